The number of para-hydroxylation sites is 1. The molecule has 3 rings (SSSR count). The van der Waals surface area contributed by atoms with Gasteiger partial charge in [0, 0.05) is 25.3 Å². The quantitative estimate of drug-likeness (QED) is 0.901. The molecule has 1 N–H and O–H groups in total. The molecule has 2 aromatic rings. The van der Waals surface area contributed by atoms with Gasteiger partial charge in [-0.1, -0.05) is 18.2 Å². The van der Waals surface area contributed by atoms with Crippen LogP contribution in [-0.4, -0.2) is 35.2 Å². The second-order valence-electron chi connectivity index (χ2n) is 6.07. The molecule has 0 aromatic heterocycles. The van der Waals surface area contributed by atoms with Crippen molar-refractivity contribution in [3.63, 3.8) is 0 Å². The summed E-state index contributed by atoms with van der Waals surface area (Å²) in [5.74, 6) is -2.03. The summed E-state index contributed by atoms with van der Waals surface area (Å²) in [6.45, 7) is 0.960. The molecule has 0 saturated carbocycles. The van der Waals surface area contributed by atoms with E-state index in [0.29, 0.717) is 12.2 Å². The van der Waals surface area contributed by atoms with E-state index in [4.69, 9.17) is 4.74 Å². The highest BCUT2D eigenvalue weighted by Crippen LogP contribution is 2.22. The predicted molar refractivity (Wildman–Crippen MR) is 88.2 cm³/mol. The molecule has 1 unspecified atom stereocenters. The van der Waals surface area contributed by atoms with Crippen LogP contribution in [-0.2, 0) is 11.3 Å². The van der Waals surface area contributed by atoms with Crippen LogP contribution in [0.5, 0.6) is 5.75 Å². The number of amides is 1. The number of aromatic hydroxyl groups is 1. The molecule has 1 aliphatic heterocycles. The van der Waals surface area contributed by atoms with Crippen LogP contribution in [0.4, 0.5) is 8.78 Å². The molecule has 0 radical (unpaired) electrons. The Morgan fingerprint density at radius 1 is 1.24 bits per heavy atom. The maximum atomic E-state index is 14.0. The molecule has 25 heavy (non-hydrogen) atoms. The Labute approximate surface area is 144 Å². The van der Waals surface area contributed by atoms with Crippen molar-refractivity contribution in [2.45, 2.75) is 25.5 Å². The predicted octanol–water partition coefficient (Wildman–Crippen LogP) is 3.49. The van der Waals surface area contributed by atoms with Crippen molar-refractivity contribution >= 4 is 5.91 Å². The Balaban J connectivity index is 1.88. The first kappa shape index (κ1) is 17.4. The lowest BCUT2D eigenvalue weighted by molar-refractivity contribution is 0.0502. The minimum Gasteiger partial charge on any atom is -0.508 e. The normalized spacial score (nSPS) is 16.8. The van der Waals surface area contributed by atoms with Gasteiger partial charge in [-0.25, -0.2) is 8.78 Å². The van der Waals surface area contributed by atoms with Crippen LogP contribution in [0.2, 0.25) is 0 Å². The Hall–Kier alpha value is -2.47. The van der Waals surface area contributed by atoms with Gasteiger partial charge in [0.15, 0.2) is 0 Å². The average Bonchev–Trinajstić information content (AvgIpc) is 3.11. The molecule has 1 amide bonds. The van der Waals surface area contributed by atoms with E-state index in [1.54, 1.807) is 18.2 Å². The van der Waals surface area contributed by atoms with Gasteiger partial charge in [0.2, 0.25) is 0 Å². The van der Waals surface area contributed by atoms with Crippen molar-refractivity contribution in [1.29, 1.82) is 0 Å². The SMILES string of the molecule is O=C(c1cc(F)ccc1F)N(Cc1ccccc1O)CC1CCCO1. The van der Waals surface area contributed by atoms with E-state index in [1.165, 1.54) is 11.0 Å². The summed E-state index contributed by atoms with van der Waals surface area (Å²) in [6.07, 6.45) is 1.56. The third-order valence-electron chi connectivity index (χ3n) is 4.25. The number of ether oxygens (including phenoxy) is 1. The molecule has 0 spiro atoms. The highest BCUT2D eigenvalue weighted by Gasteiger charge is 2.26. The van der Waals surface area contributed by atoms with Gasteiger partial charge in [-0.3, -0.25) is 4.79 Å². The van der Waals surface area contributed by atoms with E-state index in [-0.39, 0.29) is 30.5 Å². The first-order chi connectivity index (χ1) is 12.0. The second-order valence-corrected chi connectivity index (χ2v) is 6.07. The van der Waals surface area contributed by atoms with Crippen LogP contribution in [0.25, 0.3) is 0 Å². The molecule has 1 atom stereocenters. The second kappa shape index (κ2) is 7.61. The monoisotopic (exact) mass is 347 g/mol. The first-order valence-corrected chi connectivity index (χ1v) is 8.17. The van der Waals surface area contributed by atoms with Crippen molar-refractivity contribution in [2.24, 2.45) is 0 Å². The van der Waals surface area contributed by atoms with E-state index in [1.807, 2.05) is 0 Å². The Bertz CT molecular complexity index is 760. The van der Waals surface area contributed by atoms with Gasteiger partial charge < -0.3 is 14.7 Å². The van der Waals surface area contributed by atoms with Crippen molar-refractivity contribution in [3.8, 4) is 5.75 Å². The molecular weight excluding hydrogens is 328 g/mol. The van der Waals surface area contributed by atoms with Gasteiger partial charge in [0.25, 0.3) is 5.91 Å². The molecule has 0 bridgehead atoms. The number of phenolic OH excluding ortho intramolecular Hbond substituents is 1. The number of halogens is 2. The zero-order chi connectivity index (χ0) is 17.8. The largest absolute Gasteiger partial charge is 0.508 e. The van der Waals surface area contributed by atoms with Gasteiger partial charge in [-0.2, -0.15) is 0 Å². The van der Waals surface area contributed by atoms with E-state index >= 15 is 0 Å². The van der Waals surface area contributed by atoms with Crippen molar-refractivity contribution in [2.75, 3.05) is 13.2 Å². The van der Waals surface area contributed by atoms with E-state index in [0.717, 1.165) is 31.0 Å². The van der Waals surface area contributed by atoms with Crippen LogP contribution in [0.1, 0.15) is 28.8 Å². The first-order valence-electron chi connectivity index (χ1n) is 8.17. The summed E-state index contributed by atoms with van der Waals surface area (Å²) in [6, 6.07) is 9.43. The molecule has 6 heteroatoms. The molecular formula is C19H19F2NO3. The van der Waals surface area contributed by atoms with Gasteiger partial charge in [-0.15, -0.1) is 0 Å². The maximum Gasteiger partial charge on any atom is 0.257 e. The minimum absolute atomic E-state index is 0.0485. The number of hydrogen-bond donors (Lipinski definition) is 1. The highest BCUT2D eigenvalue weighted by atomic mass is 19.1. The molecule has 0 aliphatic carbocycles. The van der Waals surface area contributed by atoms with Crippen LogP contribution in [0.3, 0.4) is 0 Å². The van der Waals surface area contributed by atoms with E-state index < -0.39 is 17.5 Å². The Morgan fingerprint density at radius 3 is 2.76 bits per heavy atom. The van der Waals surface area contributed by atoms with Gasteiger partial charge >= 0.3 is 0 Å². The fourth-order valence-electron chi connectivity index (χ4n) is 2.94. The van der Waals surface area contributed by atoms with Crippen LogP contribution in [0, 0.1) is 11.6 Å². The highest BCUT2D eigenvalue weighted by molar-refractivity contribution is 5.94. The fourth-order valence-corrected chi connectivity index (χ4v) is 2.94. The Kier molecular flexibility index (Phi) is 5.28. The molecule has 4 nitrogen and oxygen atoms in total. The number of hydrogen-bond acceptors (Lipinski definition) is 3. The van der Waals surface area contributed by atoms with E-state index in [9.17, 15) is 18.7 Å². The maximum absolute atomic E-state index is 14.0. The van der Waals surface area contributed by atoms with Crippen LogP contribution >= 0.6 is 0 Å². The van der Waals surface area contributed by atoms with Crippen LogP contribution in [0.15, 0.2) is 42.5 Å². The summed E-state index contributed by atoms with van der Waals surface area (Å²) in [4.78, 5) is 14.2. The third kappa shape index (κ3) is 4.14. The standard InChI is InChI=1S/C19H19F2NO3/c20-14-7-8-17(21)16(10-14)19(24)22(12-15-5-3-9-25-15)11-13-4-1-2-6-18(13)23/h1-2,4,6-8,10,15,23H,3,5,9,11-12H2. The summed E-state index contributed by atoms with van der Waals surface area (Å²) in [5.41, 5.74) is 0.207. The van der Waals surface area contributed by atoms with E-state index in [2.05, 4.69) is 0 Å². The molecule has 1 aliphatic rings. The zero-order valence-electron chi connectivity index (χ0n) is 13.6. The number of phenols is 1. The smallest absolute Gasteiger partial charge is 0.257 e. The number of benzene rings is 2. The summed E-state index contributed by atoms with van der Waals surface area (Å²) >= 11 is 0. The van der Waals surface area contributed by atoms with Crippen LogP contribution < -0.4 is 0 Å². The molecule has 132 valence electrons. The summed E-state index contributed by atoms with van der Waals surface area (Å²) in [5, 5.41) is 9.97. The lowest BCUT2D eigenvalue weighted by atomic mass is 10.1. The summed E-state index contributed by atoms with van der Waals surface area (Å²) < 4.78 is 33.0. The number of carbonyl (C=O) groups is 1. The lowest BCUT2D eigenvalue weighted by Crippen LogP contribution is -2.37. The molecule has 1 heterocycles. The van der Waals surface area contributed by atoms with Crippen molar-refractivity contribution in [1.82, 2.24) is 4.90 Å². The Morgan fingerprint density at radius 2 is 2.04 bits per heavy atom. The number of nitrogens with zero attached hydrogens (tertiary/aromatic N) is 1. The molecule has 1 saturated heterocycles. The van der Waals surface area contributed by atoms with Gasteiger partial charge in [0.1, 0.15) is 17.4 Å². The topological polar surface area (TPSA) is 49.8 Å². The number of carbonyl (C=O) groups excluding carboxylic acids is 1. The van der Waals surface area contributed by atoms with Crippen molar-refractivity contribution < 1.29 is 23.4 Å². The van der Waals surface area contributed by atoms with Gasteiger partial charge in [0.05, 0.1) is 11.7 Å². The number of rotatable bonds is 5. The molecule has 2 aromatic carbocycles. The minimum atomic E-state index is -0.777. The zero-order valence-corrected chi connectivity index (χ0v) is 13.6. The van der Waals surface area contributed by atoms with Crippen molar-refractivity contribution in [3.05, 3.63) is 65.2 Å². The lowest BCUT2D eigenvalue weighted by Gasteiger charge is -2.26. The average molecular weight is 347 g/mol. The third-order valence-corrected chi connectivity index (χ3v) is 4.25. The summed E-state index contributed by atoms with van der Waals surface area (Å²) in [7, 11) is 0. The molecule has 1 fully saturated rings. The fraction of sp³-hybridized carbons (Fsp3) is 0.316. The van der Waals surface area contributed by atoms with Gasteiger partial charge in [-0.05, 0) is 37.1 Å².